The Kier molecular flexibility index (Phi) is 3.28. The topological polar surface area (TPSA) is 52.7 Å². The van der Waals surface area contributed by atoms with E-state index >= 15 is 0 Å². The minimum atomic E-state index is 0.553. The Morgan fingerprint density at radius 2 is 2.06 bits per heavy atom. The molecule has 0 amide bonds. The third kappa shape index (κ3) is 2.54. The number of aromatic nitrogens is 2. The minimum Gasteiger partial charge on any atom is -0.381 e. The molecule has 0 radical (unpaired) electrons. The highest BCUT2D eigenvalue weighted by molar-refractivity contribution is 5.62. The van der Waals surface area contributed by atoms with Gasteiger partial charge in [0.1, 0.15) is 0 Å². The summed E-state index contributed by atoms with van der Waals surface area (Å²) in [5.41, 5.74) is 3.41. The summed E-state index contributed by atoms with van der Waals surface area (Å²) in [6, 6.07) is 11.0. The standard InChI is InChI=1S/C14H18N4/c1-2-13(10-15-8-1)17-12-5-3-11(4-6-12)14-7-9-16-18-14/h3-7,9,13,15,17H,1-2,8,10H2,(H,16,18). The molecular weight excluding hydrogens is 224 g/mol. The number of piperidine rings is 1. The molecule has 3 rings (SSSR count). The lowest BCUT2D eigenvalue weighted by Gasteiger charge is -2.24. The first-order valence-electron chi connectivity index (χ1n) is 6.49. The van der Waals surface area contributed by atoms with Gasteiger partial charge in [-0.05, 0) is 43.1 Å². The van der Waals surface area contributed by atoms with Crippen LogP contribution in [-0.4, -0.2) is 29.3 Å². The fourth-order valence-electron chi connectivity index (χ4n) is 2.37. The van der Waals surface area contributed by atoms with Gasteiger partial charge in [0.25, 0.3) is 0 Å². The van der Waals surface area contributed by atoms with Crippen LogP contribution in [0.15, 0.2) is 36.5 Å². The zero-order valence-corrected chi connectivity index (χ0v) is 10.3. The third-order valence-electron chi connectivity index (χ3n) is 3.36. The molecule has 18 heavy (non-hydrogen) atoms. The van der Waals surface area contributed by atoms with E-state index in [1.165, 1.54) is 24.1 Å². The molecule has 2 aromatic rings. The van der Waals surface area contributed by atoms with Crippen LogP contribution in [0.4, 0.5) is 5.69 Å². The average molecular weight is 242 g/mol. The number of hydrogen-bond donors (Lipinski definition) is 3. The van der Waals surface area contributed by atoms with E-state index in [0.717, 1.165) is 18.8 Å². The molecule has 0 spiro atoms. The van der Waals surface area contributed by atoms with Gasteiger partial charge >= 0.3 is 0 Å². The normalized spacial score (nSPS) is 19.7. The van der Waals surface area contributed by atoms with Gasteiger partial charge in [-0.25, -0.2) is 0 Å². The molecular formula is C14H18N4. The van der Waals surface area contributed by atoms with Crippen LogP contribution < -0.4 is 10.6 Å². The van der Waals surface area contributed by atoms with E-state index in [-0.39, 0.29) is 0 Å². The predicted molar refractivity (Wildman–Crippen MR) is 73.5 cm³/mol. The van der Waals surface area contributed by atoms with Gasteiger partial charge in [0.2, 0.25) is 0 Å². The number of nitrogens with zero attached hydrogens (tertiary/aromatic N) is 1. The molecule has 0 bridgehead atoms. The van der Waals surface area contributed by atoms with E-state index < -0.39 is 0 Å². The number of H-pyrrole nitrogens is 1. The minimum absolute atomic E-state index is 0.553. The van der Waals surface area contributed by atoms with Crippen LogP contribution in [-0.2, 0) is 0 Å². The summed E-state index contributed by atoms with van der Waals surface area (Å²) in [5.74, 6) is 0. The lowest BCUT2D eigenvalue weighted by Crippen LogP contribution is -2.38. The molecule has 1 unspecified atom stereocenters. The molecule has 1 aromatic heterocycles. The Balaban J connectivity index is 1.67. The van der Waals surface area contributed by atoms with Gasteiger partial charge in [-0.3, -0.25) is 5.10 Å². The van der Waals surface area contributed by atoms with Crippen molar-refractivity contribution in [2.24, 2.45) is 0 Å². The molecule has 94 valence electrons. The van der Waals surface area contributed by atoms with Crippen molar-refractivity contribution in [2.75, 3.05) is 18.4 Å². The van der Waals surface area contributed by atoms with Crippen molar-refractivity contribution >= 4 is 5.69 Å². The Morgan fingerprint density at radius 3 is 2.72 bits per heavy atom. The van der Waals surface area contributed by atoms with E-state index in [0.29, 0.717) is 6.04 Å². The summed E-state index contributed by atoms with van der Waals surface area (Å²) in [6.07, 6.45) is 4.27. The average Bonchev–Trinajstić information content (AvgIpc) is 2.95. The van der Waals surface area contributed by atoms with Crippen molar-refractivity contribution in [3.63, 3.8) is 0 Å². The first-order chi connectivity index (χ1) is 8.92. The lowest BCUT2D eigenvalue weighted by atomic mass is 10.1. The van der Waals surface area contributed by atoms with Gasteiger partial charge in [-0.15, -0.1) is 0 Å². The quantitative estimate of drug-likeness (QED) is 0.773. The van der Waals surface area contributed by atoms with E-state index in [4.69, 9.17) is 0 Å². The first-order valence-corrected chi connectivity index (χ1v) is 6.49. The zero-order chi connectivity index (χ0) is 12.2. The van der Waals surface area contributed by atoms with Crippen LogP contribution in [0.25, 0.3) is 11.3 Å². The zero-order valence-electron chi connectivity index (χ0n) is 10.3. The van der Waals surface area contributed by atoms with Crippen molar-refractivity contribution in [3.05, 3.63) is 36.5 Å². The molecule has 1 aliphatic heterocycles. The van der Waals surface area contributed by atoms with Crippen molar-refractivity contribution in [3.8, 4) is 11.3 Å². The fourth-order valence-corrected chi connectivity index (χ4v) is 2.37. The van der Waals surface area contributed by atoms with Gasteiger partial charge in [0.05, 0.1) is 5.69 Å². The van der Waals surface area contributed by atoms with Gasteiger partial charge in [-0.2, -0.15) is 5.10 Å². The third-order valence-corrected chi connectivity index (χ3v) is 3.36. The number of anilines is 1. The van der Waals surface area contributed by atoms with Crippen molar-refractivity contribution in [2.45, 2.75) is 18.9 Å². The lowest BCUT2D eigenvalue weighted by molar-refractivity contribution is 0.480. The smallest absolute Gasteiger partial charge is 0.0650 e. The highest BCUT2D eigenvalue weighted by Gasteiger charge is 2.12. The summed E-state index contributed by atoms with van der Waals surface area (Å²) in [5, 5.41) is 13.9. The molecule has 1 fully saturated rings. The second-order valence-corrected chi connectivity index (χ2v) is 4.74. The van der Waals surface area contributed by atoms with Crippen LogP contribution in [0.1, 0.15) is 12.8 Å². The van der Waals surface area contributed by atoms with Crippen LogP contribution in [0.3, 0.4) is 0 Å². The summed E-state index contributed by atoms with van der Waals surface area (Å²) < 4.78 is 0. The van der Waals surface area contributed by atoms with Crippen LogP contribution in [0.5, 0.6) is 0 Å². The Hall–Kier alpha value is -1.81. The Bertz CT molecular complexity index is 469. The summed E-state index contributed by atoms with van der Waals surface area (Å²) in [7, 11) is 0. The largest absolute Gasteiger partial charge is 0.381 e. The van der Waals surface area contributed by atoms with Crippen molar-refractivity contribution < 1.29 is 0 Å². The second kappa shape index (κ2) is 5.23. The molecule has 4 heteroatoms. The molecule has 1 atom stereocenters. The van der Waals surface area contributed by atoms with Gasteiger partial charge in [0.15, 0.2) is 0 Å². The summed E-state index contributed by atoms with van der Waals surface area (Å²) >= 11 is 0. The maximum Gasteiger partial charge on any atom is 0.0650 e. The van der Waals surface area contributed by atoms with Gasteiger partial charge < -0.3 is 10.6 Å². The van der Waals surface area contributed by atoms with Crippen LogP contribution in [0.2, 0.25) is 0 Å². The molecule has 2 heterocycles. The first kappa shape index (κ1) is 11.3. The number of rotatable bonds is 3. The van der Waals surface area contributed by atoms with Crippen LogP contribution in [0, 0.1) is 0 Å². The fraction of sp³-hybridized carbons (Fsp3) is 0.357. The Labute approximate surface area is 107 Å². The maximum atomic E-state index is 3.97. The van der Waals surface area contributed by atoms with E-state index in [1.807, 2.05) is 6.07 Å². The van der Waals surface area contributed by atoms with Gasteiger partial charge in [0, 0.05) is 24.5 Å². The highest BCUT2D eigenvalue weighted by atomic mass is 15.1. The molecule has 0 saturated carbocycles. The molecule has 1 saturated heterocycles. The SMILES string of the molecule is c1cc(-c2ccc(NC3CCCNC3)cc2)[nH]n1. The van der Waals surface area contributed by atoms with Crippen LogP contribution >= 0.6 is 0 Å². The summed E-state index contributed by atoms with van der Waals surface area (Å²) in [6.45, 7) is 2.21. The van der Waals surface area contributed by atoms with Crippen molar-refractivity contribution in [1.82, 2.24) is 15.5 Å². The number of aromatic amines is 1. The highest BCUT2D eigenvalue weighted by Crippen LogP contribution is 2.20. The number of benzene rings is 1. The molecule has 1 aromatic carbocycles. The molecule has 3 N–H and O–H groups in total. The number of nitrogens with one attached hydrogen (secondary N) is 3. The molecule has 4 nitrogen and oxygen atoms in total. The van der Waals surface area contributed by atoms with E-state index in [1.54, 1.807) is 6.20 Å². The summed E-state index contributed by atoms with van der Waals surface area (Å²) in [4.78, 5) is 0. The van der Waals surface area contributed by atoms with Gasteiger partial charge in [-0.1, -0.05) is 12.1 Å². The molecule has 0 aliphatic carbocycles. The predicted octanol–water partition coefficient (Wildman–Crippen LogP) is 2.24. The Morgan fingerprint density at radius 1 is 1.17 bits per heavy atom. The second-order valence-electron chi connectivity index (χ2n) is 4.74. The van der Waals surface area contributed by atoms with Crippen molar-refractivity contribution in [1.29, 1.82) is 0 Å². The maximum absolute atomic E-state index is 3.97. The molecule has 1 aliphatic rings. The van der Waals surface area contributed by atoms with E-state index in [2.05, 4.69) is 45.1 Å². The van der Waals surface area contributed by atoms with E-state index in [9.17, 15) is 0 Å². The number of hydrogen-bond acceptors (Lipinski definition) is 3. The monoisotopic (exact) mass is 242 g/mol.